The fourth-order valence-corrected chi connectivity index (χ4v) is 4.49. The van der Waals surface area contributed by atoms with Crippen LogP contribution in [0.25, 0.3) is 0 Å². The predicted octanol–water partition coefficient (Wildman–Crippen LogP) is 1.68. The van der Waals surface area contributed by atoms with Gasteiger partial charge in [-0.15, -0.1) is 0 Å². The SMILES string of the molecule is CCS(=O)(=O)N1CCC2(CC1)CO[C@@H](COc1ccccn1)C2. The lowest BCUT2D eigenvalue weighted by molar-refractivity contribution is 0.0529. The second kappa shape index (κ2) is 6.75. The van der Waals surface area contributed by atoms with Crippen LogP contribution in [0.3, 0.4) is 0 Å². The third-order valence-corrected chi connectivity index (χ3v) is 6.76. The Balaban J connectivity index is 1.50. The highest BCUT2D eigenvalue weighted by Gasteiger charge is 2.44. The molecule has 0 aromatic carbocycles. The molecule has 2 aliphatic heterocycles. The quantitative estimate of drug-likeness (QED) is 0.816. The lowest BCUT2D eigenvalue weighted by Gasteiger charge is -2.37. The molecule has 1 aromatic rings. The molecule has 2 aliphatic rings. The van der Waals surface area contributed by atoms with Gasteiger partial charge in [0.2, 0.25) is 15.9 Å². The molecule has 128 valence electrons. The molecule has 1 spiro atoms. The van der Waals surface area contributed by atoms with Crippen LogP contribution in [-0.2, 0) is 14.8 Å². The fourth-order valence-electron chi connectivity index (χ4n) is 3.38. The fraction of sp³-hybridized carbons (Fsp3) is 0.688. The number of pyridine rings is 1. The number of nitrogens with zero attached hydrogens (tertiary/aromatic N) is 2. The van der Waals surface area contributed by atoms with Gasteiger partial charge < -0.3 is 9.47 Å². The number of piperidine rings is 1. The Labute approximate surface area is 137 Å². The molecule has 0 N–H and O–H groups in total. The molecule has 1 atom stereocenters. The molecule has 0 bridgehead atoms. The van der Waals surface area contributed by atoms with Gasteiger partial charge in [0, 0.05) is 25.4 Å². The highest BCUT2D eigenvalue weighted by atomic mass is 32.2. The summed E-state index contributed by atoms with van der Waals surface area (Å²) in [5, 5.41) is 0. The molecular weight excluding hydrogens is 316 g/mol. The van der Waals surface area contributed by atoms with Crippen LogP contribution in [0.5, 0.6) is 5.88 Å². The summed E-state index contributed by atoms with van der Waals surface area (Å²) in [6.07, 6.45) is 4.43. The maximum Gasteiger partial charge on any atom is 0.213 e. The number of aromatic nitrogens is 1. The number of hydrogen-bond acceptors (Lipinski definition) is 5. The molecule has 0 radical (unpaired) electrons. The Bertz CT molecular complexity index is 612. The van der Waals surface area contributed by atoms with E-state index in [4.69, 9.17) is 9.47 Å². The van der Waals surface area contributed by atoms with E-state index < -0.39 is 10.0 Å². The van der Waals surface area contributed by atoms with Gasteiger partial charge in [-0.1, -0.05) is 6.07 Å². The van der Waals surface area contributed by atoms with Crippen LogP contribution >= 0.6 is 0 Å². The third-order valence-electron chi connectivity index (χ3n) is 4.88. The first-order valence-corrected chi connectivity index (χ1v) is 9.77. The Kier molecular flexibility index (Phi) is 4.89. The summed E-state index contributed by atoms with van der Waals surface area (Å²) in [5.41, 5.74) is 0.109. The summed E-state index contributed by atoms with van der Waals surface area (Å²) < 4.78 is 37.1. The minimum absolute atomic E-state index is 0.0614. The van der Waals surface area contributed by atoms with E-state index in [0.29, 0.717) is 32.2 Å². The Hall–Kier alpha value is -1.18. The molecule has 2 saturated heterocycles. The van der Waals surface area contributed by atoms with Gasteiger partial charge in [0.15, 0.2) is 0 Å². The highest BCUT2D eigenvalue weighted by molar-refractivity contribution is 7.89. The van der Waals surface area contributed by atoms with Crippen molar-refractivity contribution in [2.24, 2.45) is 5.41 Å². The topological polar surface area (TPSA) is 68.7 Å². The summed E-state index contributed by atoms with van der Waals surface area (Å²) in [6.45, 7) is 4.10. The lowest BCUT2D eigenvalue weighted by Crippen LogP contribution is -2.44. The van der Waals surface area contributed by atoms with E-state index in [-0.39, 0.29) is 17.3 Å². The second-order valence-corrected chi connectivity index (χ2v) is 8.67. The van der Waals surface area contributed by atoms with Crippen molar-refractivity contribution in [2.75, 3.05) is 32.1 Å². The van der Waals surface area contributed by atoms with E-state index in [0.717, 1.165) is 19.3 Å². The minimum atomic E-state index is -3.07. The van der Waals surface area contributed by atoms with Crippen LogP contribution in [0.15, 0.2) is 24.4 Å². The van der Waals surface area contributed by atoms with Crippen LogP contribution in [0, 0.1) is 5.41 Å². The van der Waals surface area contributed by atoms with Crippen molar-refractivity contribution in [1.82, 2.24) is 9.29 Å². The Morgan fingerprint density at radius 2 is 2.17 bits per heavy atom. The van der Waals surface area contributed by atoms with E-state index in [1.165, 1.54) is 0 Å². The largest absolute Gasteiger partial charge is 0.475 e. The van der Waals surface area contributed by atoms with Crippen molar-refractivity contribution in [1.29, 1.82) is 0 Å². The van der Waals surface area contributed by atoms with E-state index >= 15 is 0 Å². The van der Waals surface area contributed by atoms with E-state index in [1.807, 2.05) is 18.2 Å². The summed E-state index contributed by atoms with van der Waals surface area (Å²) in [5.74, 6) is 0.790. The van der Waals surface area contributed by atoms with Crippen LogP contribution in [0.2, 0.25) is 0 Å². The van der Waals surface area contributed by atoms with Gasteiger partial charge in [0.05, 0.1) is 18.5 Å². The first kappa shape index (κ1) is 16.7. The summed E-state index contributed by atoms with van der Waals surface area (Å²) in [6, 6.07) is 5.58. The van der Waals surface area contributed by atoms with E-state index in [2.05, 4.69) is 4.98 Å². The molecule has 6 nitrogen and oxygen atoms in total. The molecule has 3 rings (SSSR count). The Morgan fingerprint density at radius 3 is 2.83 bits per heavy atom. The van der Waals surface area contributed by atoms with E-state index in [9.17, 15) is 8.42 Å². The van der Waals surface area contributed by atoms with Gasteiger partial charge in [-0.25, -0.2) is 17.7 Å². The van der Waals surface area contributed by atoms with Crippen LogP contribution < -0.4 is 4.74 Å². The number of ether oxygens (including phenoxy) is 2. The Morgan fingerprint density at radius 1 is 1.39 bits per heavy atom. The average Bonchev–Trinajstić information content (AvgIpc) is 2.97. The standard InChI is InChI=1S/C16H24N2O4S/c1-2-23(19,20)18-9-6-16(7-10-18)11-14(22-13-16)12-21-15-5-3-4-8-17-15/h3-5,8,14H,2,6-7,9-13H2,1H3/t14-/m1/s1. The smallest absolute Gasteiger partial charge is 0.213 e. The third kappa shape index (κ3) is 3.84. The van der Waals surface area contributed by atoms with Gasteiger partial charge in [-0.05, 0) is 37.7 Å². The number of rotatable bonds is 5. The normalized spacial score (nSPS) is 24.8. The van der Waals surface area contributed by atoms with Crippen molar-refractivity contribution in [2.45, 2.75) is 32.3 Å². The van der Waals surface area contributed by atoms with Gasteiger partial charge in [-0.2, -0.15) is 0 Å². The average molecular weight is 340 g/mol. The second-order valence-electron chi connectivity index (χ2n) is 6.42. The number of hydrogen-bond donors (Lipinski definition) is 0. The maximum absolute atomic E-state index is 11.9. The van der Waals surface area contributed by atoms with Gasteiger partial charge in [0.25, 0.3) is 0 Å². The summed E-state index contributed by atoms with van der Waals surface area (Å²) in [7, 11) is -3.07. The van der Waals surface area contributed by atoms with Gasteiger partial charge in [0.1, 0.15) is 6.61 Å². The van der Waals surface area contributed by atoms with Gasteiger partial charge in [-0.3, -0.25) is 0 Å². The molecule has 7 heteroatoms. The molecule has 2 fully saturated rings. The zero-order valence-corrected chi connectivity index (χ0v) is 14.3. The van der Waals surface area contributed by atoms with Crippen molar-refractivity contribution >= 4 is 10.0 Å². The molecule has 0 aliphatic carbocycles. The lowest BCUT2D eigenvalue weighted by atomic mass is 9.77. The molecule has 1 aromatic heterocycles. The first-order chi connectivity index (χ1) is 11.0. The minimum Gasteiger partial charge on any atom is -0.475 e. The molecule has 3 heterocycles. The van der Waals surface area contributed by atoms with Crippen molar-refractivity contribution < 1.29 is 17.9 Å². The van der Waals surface area contributed by atoms with E-state index in [1.54, 1.807) is 17.4 Å². The monoisotopic (exact) mass is 340 g/mol. The zero-order chi connectivity index (χ0) is 16.3. The first-order valence-electron chi connectivity index (χ1n) is 8.16. The molecule has 0 unspecified atom stereocenters. The van der Waals surface area contributed by atoms with Crippen molar-refractivity contribution in [3.63, 3.8) is 0 Å². The maximum atomic E-state index is 11.9. The predicted molar refractivity (Wildman–Crippen MR) is 86.8 cm³/mol. The number of sulfonamides is 1. The molecular formula is C16H24N2O4S. The zero-order valence-electron chi connectivity index (χ0n) is 13.5. The molecule has 0 saturated carbocycles. The van der Waals surface area contributed by atoms with Crippen LogP contribution in [0.1, 0.15) is 26.2 Å². The van der Waals surface area contributed by atoms with Crippen LogP contribution in [0.4, 0.5) is 0 Å². The summed E-state index contributed by atoms with van der Waals surface area (Å²) in [4.78, 5) is 4.14. The molecule has 0 amide bonds. The van der Waals surface area contributed by atoms with Crippen LogP contribution in [-0.4, -0.2) is 55.9 Å². The summed E-state index contributed by atoms with van der Waals surface area (Å²) >= 11 is 0. The molecule has 23 heavy (non-hydrogen) atoms. The van der Waals surface area contributed by atoms with Crippen molar-refractivity contribution in [3.05, 3.63) is 24.4 Å². The van der Waals surface area contributed by atoms with Crippen molar-refractivity contribution in [3.8, 4) is 5.88 Å². The van der Waals surface area contributed by atoms with Gasteiger partial charge >= 0.3 is 0 Å². The highest BCUT2D eigenvalue weighted by Crippen LogP contribution is 2.42.